The van der Waals surface area contributed by atoms with Gasteiger partial charge in [0, 0.05) is 31.6 Å². The van der Waals surface area contributed by atoms with Gasteiger partial charge in [-0.1, -0.05) is 24.3 Å². The molecule has 0 aromatic rings. The van der Waals surface area contributed by atoms with Gasteiger partial charge < -0.3 is 25.3 Å². The Balaban J connectivity index is 2.49. The van der Waals surface area contributed by atoms with Gasteiger partial charge in [-0.15, -0.1) is 0 Å². The van der Waals surface area contributed by atoms with Gasteiger partial charge >= 0.3 is 5.97 Å². The fourth-order valence-electron chi connectivity index (χ4n) is 3.67. The molecule has 0 aromatic heterocycles. The van der Waals surface area contributed by atoms with Crippen LogP contribution in [-0.2, 0) is 9.53 Å². The standard InChI is InChI=1S/C21H37NO6/c1-2-28-14-8-7-9-16(23)12-13-17-18(20(24)15-19(17)22-27)10-5-3-4-6-11-21(25)26/h3,5,12-13,16-20,22-24,27H,2,4,6-11,14-15H2,1H3,(H,25,26)/b5-3+,13-12+. The van der Waals surface area contributed by atoms with E-state index in [-0.39, 0.29) is 24.3 Å². The molecule has 1 aliphatic rings. The van der Waals surface area contributed by atoms with Crippen LogP contribution in [0.3, 0.4) is 0 Å². The van der Waals surface area contributed by atoms with Crippen LogP contribution in [0.5, 0.6) is 0 Å². The molecule has 5 N–H and O–H groups in total. The average molecular weight is 400 g/mol. The second kappa shape index (κ2) is 14.7. The molecule has 0 heterocycles. The zero-order chi connectivity index (χ0) is 20.8. The van der Waals surface area contributed by atoms with Crippen LogP contribution in [0.15, 0.2) is 24.3 Å². The summed E-state index contributed by atoms with van der Waals surface area (Å²) in [5, 5.41) is 38.6. The molecule has 0 spiro atoms. The van der Waals surface area contributed by atoms with E-state index in [1.807, 2.05) is 25.2 Å². The highest BCUT2D eigenvalue weighted by Gasteiger charge is 2.40. The lowest BCUT2D eigenvalue weighted by molar-refractivity contribution is -0.137. The van der Waals surface area contributed by atoms with Crippen molar-refractivity contribution >= 4 is 5.97 Å². The summed E-state index contributed by atoms with van der Waals surface area (Å²) >= 11 is 0. The van der Waals surface area contributed by atoms with Crippen molar-refractivity contribution in [2.24, 2.45) is 11.8 Å². The fourth-order valence-corrected chi connectivity index (χ4v) is 3.67. The van der Waals surface area contributed by atoms with E-state index in [1.165, 1.54) is 0 Å². The minimum atomic E-state index is -0.793. The van der Waals surface area contributed by atoms with Crippen molar-refractivity contribution in [2.45, 2.75) is 76.5 Å². The minimum Gasteiger partial charge on any atom is -0.481 e. The Bertz CT molecular complexity index is 482. The number of carbonyl (C=O) groups is 1. The number of carboxylic acid groups (broad SMARTS) is 1. The first-order valence-corrected chi connectivity index (χ1v) is 10.4. The number of aliphatic carboxylic acids is 1. The van der Waals surface area contributed by atoms with Crippen molar-refractivity contribution in [3.05, 3.63) is 24.3 Å². The van der Waals surface area contributed by atoms with Gasteiger partial charge in [0.05, 0.1) is 12.2 Å². The number of nitrogens with one attached hydrogen (secondary N) is 1. The Morgan fingerprint density at radius 1 is 1.29 bits per heavy atom. The highest BCUT2D eigenvalue weighted by Crippen LogP contribution is 2.36. The van der Waals surface area contributed by atoms with E-state index in [0.29, 0.717) is 45.3 Å². The van der Waals surface area contributed by atoms with E-state index in [4.69, 9.17) is 9.84 Å². The van der Waals surface area contributed by atoms with Gasteiger partial charge in [-0.05, 0) is 57.8 Å². The maximum atomic E-state index is 10.5. The maximum absolute atomic E-state index is 10.5. The molecule has 0 aromatic carbocycles. The first-order valence-electron chi connectivity index (χ1n) is 10.4. The zero-order valence-corrected chi connectivity index (χ0v) is 16.9. The lowest BCUT2D eigenvalue weighted by atomic mass is 9.89. The van der Waals surface area contributed by atoms with E-state index < -0.39 is 18.2 Å². The Hall–Kier alpha value is -1.25. The van der Waals surface area contributed by atoms with Crippen molar-refractivity contribution in [3.63, 3.8) is 0 Å². The monoisotopic (exact) mass is 399 g/mol. The maximum Gasteiger partial charge on any atom is 0.303 e. The summed E-state index contributed by atoms with van der Waals surface area (Å²) in [6.07, 6.45) is 11.5. The quantitative estimate of drug-likeness (QED) is 0.163. The number of hydrogen-bond acceptors (Lipinski definition) is 6. The zero-order valence-electron chi connectivity index (χ0n) is 16.9. The highest BCUT2D eigenvalue weighted by molar-refractivity contribution is 5.66. The van der Waals surface area contributed by atoms with Gasteiger partial charge in [-0.3, -0.25) is 4.79 Å². The number of allylic oxidation sites excluding steroid dienone is 2. The predicted octanol–water partition coefficient (Wildman–Crippen LogP) is 2.66. The van der Waals surface area contributed by atoms with Gasteiger partial charge in [0.2, 0.25) is 0 Å². The molecule has 0 radical (unpaired) electrons. The molecule has 1 fully saturated rings. The van der Waals surface area contributed by atoms with E-state index >= 15 is 0 Å². The molecule has 0 aliphatic heterocycles. The highest BCUT2D eigenvalue weighted by atomic mass is 16.5. The summed E-state index contributed by atoms with van der Waals surface area (Å²) in [5.74, 6) is -0.929. The van der Waals surface area contributed by atoms with Crippen LogP contribution < -0.4 is 5.48 Å². The Morgan fingerprint density at radius 2 is 2.07 bits per heavy atom. The van der Waals surface area contributed by atoms with E-state index in [2.05, 4.69) is 5.48 Å². The number of carboxylic acids is 1. The third-order valence-electron chi connectivity index (χ3n) is 5.25. The van der Waals surface area contributed by atoms with E-state index in [0.717, 1.165) is 12.8 Å². The molecule has 5 atom stereocenters. The lowest BCUT2D eigenvalue weighted by Gasteiger charge is -2.21. The van der Waals surface area contributed by atoms with Gasteiger partial charge in [-0.2, -0.15) is 0 Å². The Morgan fingerprint density at radius 3 is 2.75 bits per heavy atom. The number of aliphatic hydroxyl groups excluding tert-OH is 2. The second-order valence-corrected chi connectivity index (χ2v) is 7.42. The molecule has 7 nitrogen and oxygen atoms in total. The molecule has 1 saturated carbocycles. The van der Waals surface area contributed by atoms with E-state index in [9.17, 15) is 20.2 Å². The molecule has 0 bridgehead atoms. The van der Waals surface area contributed by atoms with Crippen LogP contribution in [0.4, 0.5) is 0 Å². The molecular formula is C21H37NO6. The van der Waals surface area contributed by atoms with Gasteiger partial charge in [0.15, 0.2) is 0 Å². The number of rotatable bonds is 15. The molecule has 5 unspecified atom stereocenters. The summed E-state index contributed by atoms with van der Waals surface area (Å²) in [6.45, 7) is 3.37. The Kier molecular flexibility index (Phi) is 13.0. The topological polar surface area (TPSA) is 119 Å². The van der Waals surface area contributed by atoms with Gasteiger partial charge in [0.25, 0.3) is 0 Å². The number of hydroxylamine groups is 1. The van der Waals surface area contributed by atoms with Crippen LogP contribution in [0.2, 0.25) is 0 Å². The number of aliphatic hydroxyl groups is 2. The third-order valence-corrected chi connectivity index (χ3v) is 5.25. The largest absolute Gasteiger partial charge is 0.481 e. The molecule has 28 heavy (non-hydrogen) atoms. The van der Waals surface area contributed by atoms with Crippen LogP contribution >= 0.6 is 0 Å². The molecule has 1 aliphatic carbocycles. The third kappa shape index (κ3) is 9.80. The molecular weight excluding hydrogens is 362 g/mol. The van der Waals surface area contributed by atoms with Gasteiger partial charge in [-0.25, -0.2) is 5.48 Å². The van der Waals surface area contributed by atoms with Crippen molar-refractivity contribution in [2.75, 3.05) is 13.2 Å². The molecule has 1 rings (SSSR count). The first-order chi connectivity index (χ1) is 13.5. The van der Waals surface area contributed by atoms with E-state index in [1.54, 1.807) is 6.08 Å². The fraction of sp³-hybridized carbons (Fsp3) is 0.762. The minimum absolute atomic E-state index is 0.0539. The number of hydrogen-bond donors (Lipinski definition) is 5. The normalized spacial score (nSPS) is 26.4. The summed E-state index contributed by atoms with van der Waals surface area (Å²) in [7, 11) is 0. The summed E-state index contributed by atoms with van der Waals surface area (Å²) in [5.41, 5.74) is 2.29. The van der Waals surface area contributed by atoms with Crippen molar-refractivity contribution < 1.29 is 30.1 Å². The predicted molar refractivity (Wildman–Crippen MR) is 107 cm³/mol. The summed E-state index contributed by atoms with van der Waals surface area (Å²) in [6, 6.07) is -0.248. The van der Waals surface area contributed by atoms with Crippen molar-refractivity contribution in [1.29, 1.82) is 0 Å². The van der Waals surface area contributed by atoms with Crippen LogP contribution in [0.25, 0.3) is 0 Å². The molecule has 162 valence electrons. The van der Waals surface area contributed by atoms with Crippen LogP contribution in [0.1, 0.15) is 58.3 Å². The molecule has 0 saturated heterocycles. The molecule has 7 heteroatoms. The SMILES string of the molecule is CCOCCCCC(O)/C=C/C1C(NO)CC(O)C1C/C=C/CCCC(=O)O. The smallest absolute Gasteiger partial charge is 0.303 e. The number of ether oxygens (including phenoxy) is 1. The summed E-state index contributed by atoms with van der Waals surface area (Å²) < 4.78 is 5.29. The summed E-state index contributed by atoms with van der Waals surface area (Å²) in [4.78, 5) is 10.5. The lowest BCUT2D eigenvalue weighted by Crippen LogP contribution is -2.30. The van der Waals surface area contributed by atoms with Gasteiger partial charge in [0.1, 0.15) is 0 Å². The Labute approximate surface area is 168 Å². The van der Waals surface area contributed by atoms with Crippen LogP contribution in [-0.4, -0.2) is 58.0 Å². The first kappa shape index (κ1) is 24.8. The van der Waals surface area contributed by atoms with Crippen LogP contribution in [0, 0.1) is 11.8 Å². The molecule has 0 amide bonds. The van der Waals surface area contributed by atoms with Crippen molar-refractivity contribution in [1.82, 2.24) is 5.48 Å². The number of unbranched alkanes of at least 4 members (excludes halogenated alkanes) is 2. The second-order valence-electron chi connectivity index (χ2n) is 7.42. The average Bonchev–Trinajstić information content (AvgIpc) is 2.97. The van der Waals surface area contributed by atoms with Crippen molar-refractivity contribution in [3.8, 4) is 0 Å².